The summed E-state index contributed by atoms with van der Waals surface area (Å²) in [6.07, 6.45) is 5.62. The Labute approximate surface area is 299 Å². The van der Waals surface area contributed by atoms with Gasteiger partial charge in [-0.1, -0.05) is 31.2 Å². The molecule has 268 valence electrons. The Morgan fingerprint density at radius 3 is 1.98 bits per heavy atom. The van der Waals surface area contributed by atoms with Crippen LogP contribution in [0.1, 0.15) is 89.8 Å². The van der Waals surface area contributed by atoms with Crippen LogP contribution in [0.15, 0.2) is 72.8 Å². The molecular formula is C40H56ClN3O5. The molecule has 3 fully saturated rings. The first-order chi connectivity index (χ1) is 23.0. The summed E-state index contributed by atoms with van der Waals surface area (Å²) in [4.78, 5) is 14.3. The summed E-state index contributed by atoms with van der Waals surface area (Å²) in [7, 11) is 0. The van der Waals surface area contributed by atoms with Crippen molar-refractivity contribution in [3.63, 3.8) is 0 Å². The molecule has 49 heavy (non-hydrogen) atoms. The molecule has 3 aromatic rings. The van der Waals surface area contributed by atoms with Crippen molar-refractivity contribution in [2.45, 2.75) is 96.5 Å². The molecule has 0 aromatic heterocycles. The van der Waals surface area contributed by atoms with Gasteiger partial charge in [0.25, 0.3) is 0 Å². The maximum atomic E-state index is 11.9. The molecule has 9 heteroatoms. The number of esters is 1. The van der Waals surface area contributed by atoms with E-state index in [1.165, 1.54) is 18.5 Å². The average Bonchev–Trinajstić information content (AvgIpc) is 3.52. The van der Waals surface area contributed by atoms with Gasteiger partial charge in [0.2, 0.25) is 0 Å². The van der Waals surface area contributed by atoms with Crippen molar-refractivity contribution in [2.75, 3.05) is 37.7 Å². The van der Waals surface area contributed by atoms with Crippen molar-refractivity contribution in [3.8, 4) is 17.2 Å². The van der Waals surface area contributed by atoms with Crippen molar-refractivity contribution in [3.05, 3.63) is 83.9 Å². The van der Waals surface area contributed by atoms with Crippen LogP contribution in [0.2, 0.25) is 0 Å². The number of halogens is 1. The van der Waals surface area contributed by atoms with Crippen LogP contribution in [0.3, 0.4) is 0 Å². The summed E-state index contributed by atoms with van der Waals surface area (Å²) in [6, 6.07) is 24.7. The number of carbonyl (C=O) groups is 1. The van der Waals surface area contributed by atoms with Gasteiger partial charge in [-0.3, -0.25) is 4.79 Å². The molecule has 8 nitrogen and oxygen atoms in total. The topological polar surface area (TPSA) is 95.3 Å². The summed E-state index contributed by atoms with van der Waals surface area (Å²) in [5.74, 6) is 3.55. The van der Waals surface area contributed by atoms with E-state index in [0.717, 1.165) is 79.9 Å². The second kappa shape index (κ2) is 18.0. The van der Waals surface area contributed by atoms with E-state index in [1.54, 1.807) is 0 Å². The molecule has 0 spiro atoms. The van der Waals surface area contributed by atoms with Crippen molar-refractivity contribution in [1.29, 1.82) is 0 Å². The molecular weight excluding hydrogens is 638 g/mol. The molecule has 1 saturated carbocycles. The zero-order valence-corrected chi connectivity index (χ0v) is 30.7. The maximum Gasteiger partial charge on any atom is 0.306 e. The lowest BCUT2D eigenvalue weighted by Crippen LogP contribution is -2.24. The van der Waals surface area contributed by atoms with Gasteiger partial charge in [-0.2, -0.15) is 0 Å². The van der Waals surface area contributed by atoms with E-state index in [2.05, 4.69) is 34.5 Å². The van der Waals surface area contributed by atoms with E-state index in [9.17, 15) is 4.79 Å². The van der Waals surface area contributed by atoms with Crippen LogP contribution >= 0.6 is 12.4 Å². The SMILES string of the molecule is C[C@H](CC(=O)OC(C)(C)C)c1ccc(O[C@@H]2CCNC2)cc1.C[C@H](N)c1ccc(O[C@@H]2CCN(c3ccc(OCC4CC4)cc3)C2)cc1.Cl. The molecule has 4 atom stereocenters. The fourth-order valence-corrected chi connectivity index (χ4v) is 5.90. The summed E-state index contributed by atoms with van der Waals surface area (Å²) in [5.41, 5.74) is 8.97. The molecule has 6 rings (SSSR count). The molecule has 3 aliphatic rings. The monoisotopic (exact) mass is 693 g/mol. The highest BCUT2D eigenvalue weighted by Gasteiger charge is 2.25. The Bertz CT molecular complexity index is 1420. The number of carbonyl (C=O) groups excluding carboxylic acids is 1. The minimum Gasteiger partial charge on any atom is -0.493 e. The minimum atomic E-state index is -0.427. The lowest BCUT2D eigenvalue weighted by molar-refractivity contribution is -0.155. The second-order valence-electron chi connectivity index (χ2n) is 14.6. The van der Waals surface area contributed by atoms with Gasteiger partial charge in [0.15, 0.2) is 0 Å². The first kappa shape index (κ1) is 38.3. The fourth-order valence-electron chi connectivity index (χ4n) is 5.90. The molecule has 3 N–H and O–H groups in total. The van der Waals surface area contributed by atoms with Crippen LogP contribution in [-0.2, 0) is 9.53 Å². The Kier molecular flexibility index (Phi) is 14.1. The number of nitrogens with one attached hydrogen (secondary N) is 1. The lowest BCUT2D eigenvalue weighted by atomic mass is 9.98. The largest absolute Gasteiger partial charge is 0.493 e. The summed E-state index contributed by atoms with van der Waals surface area (Å²) < 4.78 is 23.2. The normalized spacial score (nSPS) is 19.9. The van der Waals surface area contributed by atoms with Crippen LogP contribution < -0.4 is 30.2 Å². The van der Waals surface area contributed by atoms with Gasteiger partial charge in [0, 0.05) is 31.2 Å². The predicted octanol–water partition coefficient (Wildman–Crippen LogP) is 7.84. The van der Waals surface area contributed by atoms with E-state index in [0.29, 0.717) is 6.42 Å². The smallest absolute Gasteiger partial charge is 0.306 e. The molecule has 1 aliphatic carbocycles. The highest BCUT2D eigenvalue weighted by Crippen LogP contribution is 2.31. The van der Waals surface area contributed by atoms with Crippen LogP contribution in [-0.4, -0.2) is 56.6 Å². The predicted molar refractivity (Wildman–Crippen MR) is 199 cm³/mol. The standard InChI is InChI=1S/C22H28N2O2.C18H27NO3.ClH/c1-16(23)18-4-8-21(9-5-18)26-22-12-13-24(14-22)19-6-10-20(11-7-19)25-15-17-2-3-17;1-13(11-17(20)22-18(2,3)4)14-5-7-15(8-6-14)21-16-9-10-19-12-16;/h4-11,16-17,22H,2-3,12-15,23H2,1H3;5-8,13,16,19H,9-12H2,1-4H3;1H/t16-,22+;13-,16-;/m01./s1. The third-order valence-corrected chi connectivity index (χ3v) is 8.90. The zero-order chi connectivity index (χ0) is 34.1. The van der Waals surface area contributed by atoms with E-state index < -0.39 is 5.60 Å². The first-order valence-electron chi connectivity index (χ1n) is 17.7. The number of hydrogen-bond donors (Lipinski definition) is 2. The average molecular weight is 694 g/mol. The van der Waals surface area contributed by atoms with Gasteiger partial charge >= 0.3 is 5.97 Å². The highest BCUT2D eigenvalue weighted by atomic mass is 35.5. The van der Waals surface area contributed by atoms with E-state index >= 15 is 0 Å². The van der Waals surface area contributed by atoms with Crippen LogP contribution in [0.5, 0.6) is 17.2 Å². The molecule has 2 saturated heterocycles. The number of benzene rings is 3. The molecule has 0 amide bonds. The van der Waals surface area contributed by atoms with Gasteiger partial charge in [-0.15, -0.1) is 12.4 Å². The van der Waals surface area contributed by atoms with Crippen LogP contribution in [0.25, 0.3) is 0 Å². The molecule has 0 bridgehead atoms. The van der Waals surface area contributed by atoms with Gasteiger partial charge < -0.3 is 34.9 Å². The summed E-state index contributed by atoms with van der Waals surface area (Å²) in [6.45, 7) is 14.4. The number of hydrogen-bond acceptors (Lipinski definition) is 8. The molecule has 2 aliphatic heterocycles. The summed E-state index contributed by atoms with van der Waals surface area (Å²) >= 11 is 0. The van der Waals surface area contributed by atoms with E-state index in [1.807, 2.05) is 83.1 Å². The minimum absolute atomic E-state index is 0. The number of nitrogens with two attached hydrogens (primary N) is 1. The Morgan fingerprint density at radius 1 is 0.837 bits per heavy atom. The molecule has 0 radical (unpaired) electrons. The molecule has 2 heterocycles. The van der Waals surface area contributed by atoms with Crippen molar-refractivity contribution < 1.29 is 23.7 Å². The maximum absolute atomic E-state index is 11.9. The van der Waals surface area contributed by atoms with Gasteiger partial charge in [0.1, 0.15) is 35.1 Å². The third kappa shape index (κ3) is 12.7. The van der Waals surface area contributed by atoms with Crippen molar-refractivity contribution in [2.24, 2.45) is 11.7 Å². The van der Waals surface area contributed by atoms with Crippen LogP contribution in [0.4, 0.5) is 5.69 Å². The van der Waals surface area contributed by atoms with Crippen molar-refractivity contribution in [1.82, 2.24) is 5.32 Å². The van der Waals surface area contributed by atoms with Crippen LogP contribution in [0, 0.1) is 5.92 Å². The highest BCUT2D eigenvalue weighted by molar-refractivity contribution is 5.85. The van der Waals surface area contributed by atoms with E-state index in [4.69, 9.17) is 24.7 Å². The molecule has 3 aromatic carbocycles. The molecule has 0 unspecified atom stereocenters. The Hall–Kier alpha value is -3.46. The number of anilines is 1. The number of rotatable bonds is 12. The first-order valence-corrected chi connectivity index (χ1v) is 17.7. The quantitative estimate of drug-likeness (QED) is 0.185. The summed E-state index contributed by atoms with van der Waals surface area (Å²) in [5, 5.41) is 3.29. The Balaban J connectivity index is 0.000000220. The fraction of sp³-hybridized carbons (Fsp3) is 0.525. The van der Waals surface area contributed by atoms with Gasteiger partial charge in [0.05, 0.1) is 19.6 Å². The Morgan fingerprint density at radius 2 is 1.43 bits per heavy atom. The third-order valence-electron chi connectivity index (χ3n) is 8.90. The van der Waals surface area contributed by atoms with E-state index in [-0.39, 0.29) is 42.5 Å². The van der Waals surface area contributed by atoms with Gasteiger partial charge in [-0.05, 0) is 125 Å². The number of nitrogens with zero attached hydrogens (tertiary/aromatic N) is 1. The van der Waals surface area contributed by atoms with Gasteiger partial charge in [-0.25, -0.2) is 0 Å². The lowest BCUT2D eigenvalue weighted by Gasteiger charge is -2.21. The zero-order valence-electron chi connectivity index (χ0n) is 29.9. The number of ether oxygens (including phenoxy) is 4. The van der Waals surface area contributed by atoms with Crippen molar-refractivity contribution >= 4 is 24.1 Å². The second-order valence-corrected chi connectivity index (χ2v) is 14.6.